The first-order valence-electron chi connectivity index (χ1n) is 2.88. The molecule has 54 valence electrons. The molecule has 0 aliphatic heterocycles. The topological polar surface area (TPSA) is 17.1 Å². The predicted octanol–water partition coefficient (Wildman–Crippen LogP) is 2.76. The van der Waals surface area contributed by atoms with Gasteiger partial charge in [0.15, 0.2) is 6.29 Å². The van der Waals surface area contributed by atoms with Crippen LogP contribution in [0, 0.1) is 6.92 Å². The molecule has 1 heterocycles. The highest BCUT2D eigenvalue weighted by Gasteiger charge is 2.02. The van der Waals surface area contributed by atoms with Gasteiger partial charge in [-0.3, -0.25) is 4.79 Å². The summed E-state index contributed by atoms with van der Waals surface area (Å²) in [5.41, 5.74) is 1.09. The van der Waals surface area contributed by atoms with E-state index in [1.54, 1.807) is 11.3 Å². The van der Waals surface area contributed by atoms with E-state index in [0.717, 1.165) is 22.1 Å². The SMILES string of the molecule is Cc1cc(CBr)c(C=O)s1. The summed E-state index contributed by atoms with van der Waals surface area (Å²) in [6.07, 6.45) is 0.911. The highest BCUT2D eigenvalue weighted by molar-refractivity contribution is 9.08. The third kappa shape index (κ3) is 1.47. The van der Waals surface area contributed by atoms with E-state index in [-0.39, 0.29) is 0 Å². The van der Waals surface area contributed by atoms with Gasteiger partial charge in [-0.25, -0.2) is 0 Å². The van der Waals surface area contributed by atoms with Gasteiger partial charge >= 0.3 is 0 Å². The molecule has 1 aromatic heterocycles. The van der Waals surface area contributed by atoms with Crippen LogP contribution in [-0.4, -0.2) is 6.29 Å². The molecule has 0 bridgehead atoms. The number of aryl methyl sites for hydroxylation is 1. The fourth-order valence-corrected chi connectivity index (χ4v) is 2.30. The summed E-state index contributed by atoms with van der Waals surface area (Å²) in [4.78, 5) is 12.4. The molecule has 1 nitrogen and oxygen atoms in total. The number of halogens is 1. The first-order chi connectivity index (χ1) is 4.77. The normalized spacial score (nSPS) is 9.80. The summed E-state index contributed by atoms with van der Waals surface area (Å²) < 4.78 is 0. The molecule has 0 radical (unpaired) electrons. The molecular weight excluding hydrogens is 212 g/mol. The monoisotopic (exact) mass is 218 g/mol. The maximum atomic E-state index is 10.4. The molecule has 0 aromatic carbocycles. The van der Waals surface area contributed by atoms with Gasteiger partial charge in [0.1, 0.15) is 0 Å². The molecule has 0 saturated carbocycles. The fraction of sp³-hybridized carbons (Fsp3) is 0.286. The molecule has 0 unspecified atom stereocenters. The lowest BCUT2D eigenvalue weighted by atomic mass is 10.3. The van der Waals surface area contributed by atoms with E-state index >= 15 is 0 Å². The van der Waals surface area contributed by atoms with Gasteiger partial charge in [0.2, 0.25) is 0 Å². The second kappa shape index (κ2) is 3.30. The van der Waals surface area contributed by atoms with Crippen LogP contribution in [0.1, 0.15) is 20.1 Å². The number of rotatable bonds is 2. The first-order valence-corrected chi connectivity index (χ1v) is 4.82. The summed E-state index contributed by atoms with van der Waals surface area (Å²) in [6.45, 7) is 2.00. The lowest BCUT2D eigenvalue weighted by molar-refractivity contribution is 0.112. The van der Waals surface area contributed by atoms with Crippen molar-refractivity contribution in [3.8, 4) is 0 Å². The van der Waals surface area contributed by atoms with Crippen molar-refractivity contribution in [2.24, 2.45) is 0 Å². The Hall–Kier alpha value is -0.150. The Morgan fingerprint density at radius 2 is 2.50 bits per heavy atom. The zero-order valence-electron chi connectivity index (χ0n) is 5.56. The zero-order chi connectivity index (χ0) is 7.56. The molecule has 1 aromatic rings. The van der Waals surface area contributed by atoms with E-state index in [1.807, 2.05) is 13.0 Å². The van der Waals surface area contributed by atoms with Crippen LogP contribution in [0.4, 0.5) is 0 Å². The molecule has 0 spiro atoms. The Bertz CT molecular complexity index is 242. The minimum Gasteiger partial charge on any atom is -0.297 e. The van der Waals surface area contributed by atoms with Crippen LogP contribution >= 0.6 is 27.3 Å². The number of aldehydes is 1. The van der Waals surface area contributed by atoms with Gasteiger partial charge in [-0.1, -0.05) is 15.9 Å². The third-order valence-corrected chi connectivity index (χ3v) is 2.84. The van der Waals surface area contributed by atoms with E-state index < -0.39 is 0 Å². The molecule has 0 amide bonds. The van der Waals surface area contributed by atoms with Crippen LogP contribution in [0.15, 0.2) is 6.07 Å². The first kappa shape index (κ1) is 7.95. The highest BCUT2D eigenvalue weighted by Crippen LogP contribution is 2.21. The summed E-state index contributed by atoms with van der Waals surface area (Å²) in [5.74, 6) is 0. The molecule has 1 rings (SSSR count). The summed E-state index contributed by atoms with van der Waals surface area (Å²) >= 11 is 4.85. The van der Waals surface area contributed by atoms with Gasteiger partial charge in [-0.15, -0.1) is 11.3 Å². The lowest BCUT2D eigenvalue weighted by Crippen LogP contribution is -1.77. The van der Waals surface area contributed by atoms with Crippen molar-refractivity contribution in [2.45, 2.75) is 12.3 Å². The van der Waals surface area contributed by atoms with Crippen molar-refractivity contribution in [1.29, 1.82) is 0 Å². The van der Waals surface area contributed by atoms with Gasteiger partial charge < -0.3 is 0 Å². The van der Waals surface area contributed by atoms with Crippen LogP contribution in [0.2, 0.25) is 0 Å². The maximum Gasteiger partial charge on any atom is 0.160 e. The summed E-state index contributed by atoms with van der Waals surface area (Å²) in [7, 11) is 0. The Labute approximate surface area is 72.2 Å². The zero-order valence-corrected chi connectivity index (χ0v) is 7.96. The molecule has 10 heavy (non-hydrogen) atoms. The molecule has 0 atom stereocenters. The highest BCUT2D eigenvalue weighted by atomic mass is 79.9. The van der Waals surface area contributed by atoms with E-state index in [1.165, 1.54) is 4.88 Å². The fourth-order valence-electron chi connectivity index (χ4n) is 0.789. The van der Waals surface area contributed by atoms with E-state index in [4.69, 9.17) is 0 Å². The van der Waals surface area contributed by atoms with Gasteiger partial charge in [0, 0.05) is 10.2 Å². The maximum absolute atomic E-state index is 10.4. The van der Waals surface area contributed by atoms with Crippen molar-refractivity contribution in [2.75, 3.05) is 0 Å². The lowest BCUT2D eigenvalue weighted by Gasteiger charge is -1.85. The standard InChI is InChI=1S/C7H7BrOS/c1-5-2-6(3-8)7(4-9)10-5/h2,4H,3H2,1H3. The van der Waals surface area contributed by atoms with Gasteiger partial charge in [0.05, 0.1) is 4.88 Å². The van der Waals surface area contributed by atoms with Gasteiger partial charge in [-0.2, -0.15) is 0 Å². The van der Waals surface area contributed by atoms with Crippen LogP contribution in [-0.2, 0) is 5.33 Å². The van der Waals surface area contributed by atoms with E-state index in [0.29, 0.717) is 0 Å². The quantitative estimate of drug-likeness (QED) is 0.552. The number of alkyl halides is 1. The van der Waals surface area contributed by atoms with Crippen LogP contribution in [0.5, 0.6) is 0 Å². The summed E-state index contributed by atoms with van der Waals surface area (Å²) in [5, 5.41) is 0.769. The smallest absolute Gasteiger partial charge is 0.160 e. The third-order valence-electron chi connectivity index (χ3n) is 1.22. The predicted molar refractivity (Wildman–Crippen MR) is 47.1 cm³/mol. The van der Waals surface area contributed by atoms with Crippen molar-refractivity contribution in [1.82, 2.24) is 0 Å². The van der Waals surface area contributed by atoms with Crippen LogP contribution in [0.3, 0.4) is 0 Å². The van der Waals surface area contributed by atoms with Crippen molar-refractivity contribution in [3.63, 3.8) is 0 Å². The molecule has 0 aliphatic carbocycles. The minimum atomic E-state index is 0.769. The number of thiophene rings is 1. The Morgan fingerprint density at radius 1 is 1.80 bits per heavy atom. The largest absolute Gasteiger partial charge is 0.297 e. The van der Waals surface area contributed by atoms with E-state index in [2.05, 4.69) is 15.9 Å². The number of carbonyl (C=O) groups is 1. The molecule has 0 fully saturated rings. The summed E-state index contributed by atoms with van der Waals surface area (Å²) in [6, 6.07) is 2.03. The number of hydrogen-bond donors (Lipinski definition) is 0. The van der Waals surface area contributed by atoms with E-state index in [9.17, 15) is 4.79 Å². The molecule has 0 saturated heterocycles. The van der Waals surface area contributed by atoms with Gasteiger partial charge in [-0.05, 0) is 18.6 Å². The van der Waals surface area contributed by atoms with Crippen LogP contribution in [0.25, 0.3) is 0 Å². The van der Waals surface area contributed by atoms with Crippen molar-refractivity contribution in [3.05, 3.63) is 21.4 Å². The number of carbonyl (C=O) groups excluding carboxylic acids is 1. The molecule has 3 heteroatoms. The second-order valence-electron chi connectivity index (χ2n) is 2.00. The average Bonchev–Trinajstić information content (AvgIpc) is 2.30. The molecule has 0 N–H and O–H groups in total. The Morgan fingerprint density at radius 3 is 2.90 bits per heavy atom. The van der Waals surface area contributed by atoms with Gasteiger partial charge in [0.25, 0.3) is 0 Å². The van der Waals surface area contributed by atoms with Crippen molar-refractivity contribution < 1.29 is 4.79 Å². The van der Waals surface area contributed by atoms with Crippen LogP contribution < -0.4 is 0 Å². The molecular formula is C7H7BrOS. The minimum absolute atomic E-state index is 0.769. The molecule has 0 aliphatic rings. The van der Waals surface area contributed by atoms with Crippen molar-refractivity contribution >= 4 is 33.6 Å². The average molecular weight is 219 g/mol. The number of hydrogen-bond acceptors (Lipinski definition) is 2. The Kier molecular flexibility index (Phi) is 2.63. The second-order valence-corrected chi connectivity index (χ2v) is 3.85. The Balaban J connectivity index is 3.08.